The van der Waals surface area contributed by atoms with Crippen LogP contribution < -0.4 is 46.0 Å². The number of carbonyl (C=O) groups is 1. The van der Waals surface area contributed by atoms with Gasteiger partial charge in [-0.1, -0.05) is 70.4 Å². The van der Waals surface area contributed by atoms with Gasteiger partial charge >= 0.3 is 73.2 Å². The summed E-state index contributed by atoms with van der Waals surface area (Å²) in [5.74, 6) is -0.664. The Labute approximate surface area is 191 Å². The molecule has 0 heterocycles. The molecule has 150 valence electrons. The van der Waals surface area contributed by atoms with Crippen LogP contribution in [0.5, 0.6) is 0 Å². The fourth-order valence-corrected chi connectivity index (χ4v) is 2.35. The van der Waals surface area contributed by atoms with Crippen LogP contribution in [0.2, 0.25) is 0 Å². The number of hydrogen-bond donors (Lipinski definition) is 1. The van der Waals surface area contributed by atoms with Crippen LogP contribution in [0.3, 0.4) is 0 Å². The molecule has 0 aromatic heterocycles. The Morgan fingerprint density at radius 1 is 0.778 bits per heavy atom. The number of aliphatic carboxylic acids is 1. The summed E-state index contributed by atoms with van der Waals surface area (Å²) in [6.07, 6.45) is 21.2. The van der Waals surface area contributed by atoms with Gasteiger partial charge in [-0.25, -0.2) is 0 Å². The van der Waals surface area contributed by atoms with Crippen LogP contribution >= 0.6 is 0 Å². The summed E-state index contributed by atoms with van der Waals surface area (Å²) < 4.78 is 34.4. The van der Waals surface area contributed by atoms with Crippen molar-refractivity contribution in [3.05, 3.63) is 12.2 Å². The van der Waals surface area contributed by atoms with E-state index < -0.39 is 19.6 Å². The molecule has 0 unspecified atom stereocenters. The minimum atomic E-state index is -5.75. The molecule has 1 N–H and O–H groups in total. The average molecular weight is 412 g/mol. The van der Waals surface area contributed by atoms with Gasteiger partial charge < -0.3 is 5.11 Å². The summed E-state index contributed by atoms with van der Waals surface area (Å²) in [6, 6.07) is 0. The topological polar surface area (TPSA) is 118 Å². The molecule has 0 aliphatic carbocycles. The van der Waals surface area contributed by atoms with E-state index >= 15 is 0 Å². The van der Waals surface area contributed by atoms with E-state index in [9.17, 15) is 4.79 Å². The zero-order valence-electron chi connectivity index (χ0n) is 17.5. The Kier molecular flexibility index (Phi) is 34.2. The molecule has 9 heteroatoms. The molecule has 6 nitrogen and oxygen atoms in total. The molecule has 0 aromatic carbocycles. The third-order valence-corrected chi connectivity index (χ3v) is 3.65. The quantitative estimate of drug-likeness (QED) is 0.181. The van der Waals surface area contributed by atoms with Gasteiger partial charge in [-0.3, -0.25) is 4.79 Å². The average Bonchev–Trinajstić information content (AvgIpc) is 2.49. The van der Waals surface area contributed by atoms with Gasteiger partial charge in [0.15, 0.2) is 0 Å². The third-order valence-electron chi connectivity index (χ3n) is 3.65. The predicted molar refractivity (Wildman–Crippen MR) is 88.5 cm³/mol. The second-order valence-corrected chi connectivity index (χ2v) is 7.41. The Hall–Kier alpha value is 0.457. The molecule has 0 fully saturated rings. The van der Waals surface area contributed by atoms with Gasteiger partial charge in [0, 0.05) is 6.42 Å². The van der Waals surface area contributed by atoms with Crippen LogP contribution in [0.1, 0.15) is 96.8 Å². The molecular weight excluding hydrogens is 378 g/mol. The standard InChI is InChI=1S/C18H34O2.Cr.2Li.4O/c1-2-3-4-5-6-7-8-9-10-11-12-13-14-15-16-17-18(19)20;;;;;;;/h9-10H,2-8,11-17H2,1H3,(H,19,20);;;;;;;/q;;2*+1;;;2*-1/b10-9-;;;;;;;. The molecule has 0 bridgehead atoms. The van der Waals surface area contributed by atoms with Crippen molar-refractivity contribution < 1.29 is 77.2 Å². The zero-order valence-corrected chi connectivity index (χ0v) is 18.7. The fourth-order valence-electron chi connectivity index (χ4n) is 2.35. The van der Waals surface area contributed by atoms with Crippen LogP contribution in [-0.4, -0.2) is 11.1 Å². The Morgan fingerprint density at radius 2 is 1.11 bits per heavy atom. The molecule has 0 saturated heterocycles. The molecule has 0 amide bonds. The maximum atomic E-state index is 10.3. The van der Waals surface area contributed by atoms with Crippen LogP contribution in [0.4, 0.5) is 0 Å². The number of hydrogen-bond acceptors (Lipinski definition) is 5. The molecule has 0 aliphatic heterocycles. The van der Waals surface area contributed by atoms with E-state index in [1.807, 2.05) is 0 Å². The molecule has 0 spiro atoms. The van der Waals surface area contributed by atoms with Gasteiger partial charge in [0.25, 0.3) is 0 Å². The molecule has 0 rings (SSSR count). The van der Waals surface area contributed by atoms with Crippen LogP contribution in [0.25, 0.3) is 0 Å². The van der Waals surface area contributed by atoms with Crippen molar-refractivity contribution in [2.45, 2.75) is 96.8 Å². The van der Waals surface area contributed by atoms with Crippen molar-refractivity contribution in [3.8, 4) is 0 Å². The molecule has 0 aromatic rings. The number of rotatable bonds is 15. The van der Waals surface area contributed by atoms with E-state index in [0.717, 1.165) is 12.8 Å². The van der Waals surface area contributed by atoms with Crippen LogP contribution in [0.15, 0.2) is 12.2 Å². The van der Waals surface area contributed by atoms with Crippen molar-refractivity contribution in [1.82, 2.24) is 0 Å². The second kappa shape index (κ2) is 26.5. The zero-order chi connectivity index (χ0) is 19.4. The number of unbranched alkanes of at least 4 members (excludes halogenated alkanes) is 11. The Morgan fingerprint density at radius 3 is 1.48 bits per heavy atom. The minimum absolute atomic E-state index is 0. The molecular formula is C18H34CrLi2O6. The van der Waals surface area contributed by atoms with Gasteiger partial charge in [0.05, 0.1) is 0 Å². The summed E-state index contributed by atoms with van der Waals surface area (Å²) in [5, 5.41) is 8.51. The van der Waals surface area contributed by atoms with Gasteiger partial charge in [-0.2, -0.15) is 0 Å². The molecule has 0 radical (unpaired) electrons. The second-order valence-electron chi connectivity index (χ2n) is 6.14. The van der Waals surface area contributed by atoms with Crippen LogP contribution in [-0.2, 0) is 26.0 Å². The van der Waals surface area contributed by atoms with Gasteiger partial charge in [0.1, 0.15) is 0 Å². The Bertz CT molecular complexity index is 420. The number of carboxylic acid groups (broad SMARTS) is 1. The van der Waals surface area contributed by atoms with E-state index in [4.69, 9.17) is 21.0 Å². The van der Waals surface area contributed by atoms with Crippen molar-refractivity contribution in [2.24, 2.45) is 0 Å². The van der Waals surface area contributed by atoms with Gasteiger partial charge in [-0.05, 0) is 32.1 Å². The molecule has 0 saturated carbocycles. The first kappa shape index (κ1) is 34.9. The normalized spacial score (nSPS) is 10.5. The maximum absolute atomic E-state index is 10.3. The van der Waals surface area contributed by atoms with E-state index in [1.165, 1.54) is 70.6 Å². The SMILES string of the molecule is CCCCCCCC/C=C\CCCCCCCC(=O)O.[Li+].[Li+].[O]=[Cr](=[O])([O-])[O-]. The molecule has 27 heavy (non-hydrogen) atoms. The van der Waals surface area contributed by atoms with Crippen LogP contribution in [0, 0.1) is 0 Å². The fraction of sp³-hybridized carbons (Fsp3) is 0.833. The molecule has 0 atom stereocenters. The monoisotopic (exact) mass is 412 g/mol. The summed E-state index contributed by atoms with van der Waals surface area (Å²) >= 11 is -5.75. The van der Waals surface area contributed by atoms with E-state index in [1.54, 1.807) is 0 Å². The number of allylic oxidation sites excluding steroid dienone is 2. The number of carboxylic acids is 1. The first-order chi connectivity index (χ1) is 11.8. The van der Waals surface area contributed by atoms with E-state index in [-0.39, 0.29) is 37.7 Å². The molecule has 0 aliphatic rings. The summed E-state index contributed by atoms with van der Waals surface area (Å²) in [5.41, 5.74) is 0. The van der Waals surface area contributed by atoms with Gasteiger partial charge in [0.2, 0.25) is 0 Å². The van der Waals surface area contributed by atoms with Crippen molar-refractivity contribution in [1.29, 1.82) is 0 Å². The van der Waals surface area contributed by atoms with Crippen molar-refractivity contribution >= 4 is 5.97 Å². The first-order valence-electron chi connectivity index (χ1n) is 9.30. The summed E-state index contributed by atoms with van der Waals surface area (Å²) in [6.45, 7) is 2.26. The van der Waals surface area contributed by atoms with Crippen molar-refractivity contribution in [3.63, 3.8) is 0 Å². The first-order valence-corrected chi connectivity index (χ1v) is 11.4. The Balaban J connectivity index is -0.000000333. The van der Waals surface area contributed by atoms with E-state index in [2.05, 4.69) is 19.1 Å². The van der Waals surface area contributed by atoms with E-state index in [0.29, 0.717) is 6.42 Å². The predicted octanol–water partition coefficient (Wildman–Crippen LogP) is -2.50. The summed E-state index contributed by atoms with van der Waals surface area (Å²) in [7, 11) is 0. The third kappa shape index (κ3) is 51.9. The van der Waals surface area contributed by atoms with Gasteiger partial charge in [-0.15, -0.1) is 0 Å². The van der Waals surface area contributed by atoms with Crippen molar-refractivity contribution in [2.75, 3.05) is 0 Å². The summed E-state index contributed by atoms with van der Waals surface area (Å²) in [4.78, 5) is 10.3.